The predicted molar refractivity (Wildman–Crippen MR) is 81.2 cm³/mol. The van der Waals surface area contributed by atoms with Gasteiger partial charge in [-0.25, -0.2) is 0 Å². The Kier molecular flexibility index (Phi) is 4.38. The molecule has 0 unspecified atom stereocenters. The minimum Gasteiger partial charge on any atom is -0.330 e. The van der Waals surface area contributed by atoms with Crippen molar-refractivity contribution in [2.24, 2.45) is 11.1 Å². The van der Waals surface area contributed by atoms with Gasteiger partial charge in [0, 0.05) is 11.2 Å². The second-order valence-electron chi connectivity index (χ2n) is 5.55. The molecule has 0 aliphatic rings. The number of hydrogen-bond acceptors (Lipinski definition) is 3. The summed E-state index contributed by atoms with van der Waals surface area (Å²) in [7, 11) is 0. The summed E-state index contributed by atoms with van der Waals surface area (Å²) >= 11 is 1.83. The van der Waals surface area contributed by atoms with Crippen molar-refractivity contribution in [2.45, 2.75) is 20.3 Å². The van der Waals surface area contributed by atoms with Crippen LogP contribution in [0.4, 0.5) is 0 Å². The minimum absolute atomic E-state index is 0.191. The molecule has 0 saturated carbocycles. The van der Waals surface area contributed by atoms with Crippen LogP contribution in [0.2, 0.25) is 0 Å². The lowest BCUT2D eigenvalue weighted by molar-refractivity contribution is 0.353. The Morgan fingerprint density at radius 2 is 2.06 bits per heavy atom. The average Bonchev–Trinajstić information content (AvgIpc) is 2.78. The molecule has 0 bridgehead atoms. The van der Waals surface area contributed by atoms with Gasteiger partial charge in [0.15, 0.2) is 0 Å². The van der Waals surface area contributed by atoms with Crippen molar-refractivity contribution in [3.63, 3.8) is 0 Å². The lowest BCUT2D eigenvalue weighted by Crippen LogP contribution is -2.36. The molecule has 0 atom stereocenters. The number of fused-ring (bicyclic) bond motifs is 1. The van der Waals surface area contributed by atoms with E-state index in [0.717, 1.165) is 26.1 Å². The third kappa shape index (κ3) is 3.31. The van der Waals surface area contributed by atoms with Gasteiger partial charge in [-0.05, 0) is 47.3 Å². The molecule has 0 aliphatic carbocycles. The summed E-state index contributed by atoms with van der Waals surface area (Å²) in [5.41, 5.74) is 7.36. The van der Waals surface area contributed by atoms with Crippen molar-refractivity contribution < 1.29 is 0 Å². The second-order valence-corrected chi connectivity index (χ2v) is 6.46. The molecule has 0 fully saturated rings. The first-order valence-electron chi connectivity index (χ1n) is 6.48. The molecule has 3 N–H and O–H groups in total. The van der Waals surface area contributed by atoms with Crippen LogP contribution in [0.15, 0.2) is 29.6 Å². The van der Waals surface area contributed by atoms with Crippen LogP contribution in [-0.2, 0) is 6.42 Å². The highest BCUT2D eigenvalue weighted by atomic mass is 32.1. The van der Waals surface area contributed by atoms with Crippen molar-refractivity contribution in [3.05, 3.63) is 35.2 Å². The lowest BCUT2D eigenvalue weighted by Gasteiger charge is -2.22. The number of hydrogen-bond donors (Lipinski definition) is 2. The van der Waals surface area contributed by atoms with E-state index in [4.69, 9.17) is 5.73 Å². The van der Waals surface area contributed by atoms with Gasteiger partial charge in [-0.1, -0.05) is 32.0 Å². The van der Waals surface area contributed by atoms with Gasteiger partial charge < -0.3 is 11.1 Å². The van der Waals surface area contributed by atoms with Crippen molar-refractivity contribution in [1.29, 1.82) is 0 Å². The topological polar surface area (TPSA) is 38.0 Å². The summed E-state index contributed by atoms with van der Waals surface area (Å²) in [6, 6.07) is 8.62. The molecule has 0 amide bonds. The highest BCUT2D eigenvalue weighted by Crippen LogP contribution is 2.25. The number of rotatable bonds is 6. The van der Waals surface area contributed by atoms with Crippen LogP contribution in [0.1, 0.15) is 19.4 Å². The summed E-state index contributed by atoms with van der Waals surface area (Å²) in [6.45, 7) is 7.11. The zero-order valence-corrected chi connectivity index (χ0v) is 12.0. The van der Waals surface area contributed by atoms with Crippen molar-refractivity contribution >= 4 is 21.4 Å². The Morgan fingerprint density at radius 1 is 1.28 bits per heavy atom. The standard InChI is InChI=1S/C15H22N2S/c1-15(2,10-16)11-17-8-7-12-9-18-14-6-4-3-5-13(12)14/h3-6,9,17H,7-8,10-11,16H2,1-2H3. The van der Waals surface area contributed by atoms with Gasteiger partial charge in [0.2, 0.25) is 0 Å². The van der Waals surface area contributed by atoms with Gasteiger partial charge in [-0.3, -0.25) is 0 Å². The molecule has 2 aromatic rings. The summed E-state index contributed by atoms with van der Waals surface area (Å²) in [5, 5.41) is 7.19. The van der Waals surface area contributed by atoms with E-state index in [-0.39, 0.29) is 5.41 Å². The molecule has 0 saturated heterocycles. The van der Waals surface area contributed by atoms with Crippen molar-refractivity contribution in [2.75, 3.05) is 19.6 Å². The minimum atomic E-state index is 0.191. The first-order valence-corrected chi connectivity index (χ1v) is 7.36. The SMILES string of the molecule is CC(C)(CN)CNCCc1csc2ccccc12. The van der Waals surface area contributed by atoms with Crippen LogP contribution in [0.3, 0.4) is 0 Å². The Balaban J connectivity index is 1.87. The molecule has 98 valence electrons. The highest BCUT2D eigenvalue weighted by Gasteiger charge is 2.14. The van der Waals surface area contributed by atoms with Gasteiger partial charge in [0.05, 0.1) is 0 Å². The molecule has 1 aromatic carbocycles. The lowest BCUT2D eigenvalue weighted by atomic mass is 9.94. The van der Waals surface area contributed by atoms with Crippen LogP contribution in [0.25, 0.3) is 10.1 Å². The maximum Gasteiger partial charge on any atom is 0.0345 e. The third-order valence-corrected chi connectivity index (χ3v) is 4.30. The Hall–Kier alpha value is -0.900. The Morgan fingerprint density at radius 3 is 2.83 bits per heavy atom. The first kappa shape index (κ1) is 13.5. The van der Waals surface area contributed by atoms with Crippen LogP contribution in [0.5, 0.6) is 0 Å². The van der Waals surface area contributed by atoms with Crippen molar-refractivity contribution in [3.8, 4) is 0 Å². The van der Waals surface area contributed by atoms with Gasteiger partial charge in [-0.15, -0.1) is 11.3 Å². The van der Waals surface area contributed by atoms with E-state index >= 15 is 0 Å². The maximum absolute atomic E-state index is 5.72. The van der Waals surface area contributed by atoms with E-state index in [0.29, 0.717) is 0 Å². The monoisotopic (exact) mass is 262 g/mol. The van der Waals surface area contributed by atoms with Crippen LogP contribution >= 0.6 is 11.3 Å². The summed E-state index contributed by atoms with van der Waals surface area (Å²) < 4.78 is 1.38. The summed E-state index contributed by atoms with van der Waals surface area (Å²) in [5.74, 6) is 0. The summed E-state index contributed by atoms with van der Waals surface area (Å²) in [4.78, 5) is 0. The fraction of sp³-hybridized carbons (Fsp3) is 0.467. The predicted octanol–water partition coefficient (Wildman–Crippen LogP) is 3.02. The van der Waals surface area contributed by atoms with E-state index in [9.17, 15) is 0 Å². The smallest absolute Gasteiger partial charge is 0.0345 e. The highest BCUT2D eigenvalue weighted by molar-refractivity contribution is 7.17. The van der Waals surface area contributed by atoms with Gasteiger partial charge in [0.25, 0.3) is 0 Å². The normalized spacial score (nSPS) is 12.2. The molecule has 2 rings (SSSR count). The van der Waals surface area contributed by atoms with E-state index in [1.807, 2.05) is 11.3 Å². The van der Waals surface area contributed by atoms with Crippen LogP contribution in [0, 0.1) is 5.41 Å². The quantitative estimate of drug-likeness (QED) is 0.785. The van der Waals surface area contributed by atoms with Crippen molar-refractivity contribution in [1.82, 2.24) is 5.32 Å². The molecule has 18 heavy (non-hydrogen) atoms. The van der Waals surface area contributed by atoms with Crippen LogP contribution in [-0.4, -0.2) is 19.6 Å². The average molecular weight is 262 g/mol. The number of thiophene rings is 1. The molecule has 1 aromatic heterocycles. The van der Waals surface area contributed by atoms with Gasteiger partial charge in [0.1, 0.15) is 0 Å². The third-order valence-electron chi connectivity index (χ3n) is 3.29. The maximum atomic E-state index is 5.72. The van der Waals surface area contributed by atoms with E-state index in [1.165, 1.54) is 15.6 Å². The molecule has 1 heterocycles. The number of benzene rings is 1. The Bertz CT molecular complexity index is 502. The zero-order valence-electron chi connectivity index (χ0n) is 11.2. The molecule has 0 radical (unpaired) electrons. The first-order chi connectivity index (χ1) is 8.62. The number of nitrogens with one attached hydrogen (secondary N) is 1. The van der Waals surface area contributed by atoms with E-state index < -0.39 is 0 Å². The fourth-order valence-electron chi connectivity index (χ4n) is 1.95. The molecular formula is C15H22N2S. The van der Waals surface area contributed by atoms with E-state index in [2.05, 4.69) is 48.8 Å². The number of nitrogens with two attached hydrogens (primary N) is 1. The molecule has 0 aliphatic heterocycles. The fourth-order valence-corrected chi connectivity index (χ4v) is 2.95. The summed E-state index contributed by atoms with van der Waals surface area (Å²) in [6.07, 6.45) is 1.09. The molecule has 2 nitrogen and oxygen atoms in total. The van der Waals surface area contributed by atoms with E-state index in [1.54, 1.807) is 0 Å². The van der Waals surface area contributed by atoms with Crippen LogP contribution < -0.4 is 11.1 Å². The molecular weight excluding hydrogens is 240 g/mol. The molecule has 0 spiro atoms. The second kappa shape index (κ2) is 5.83. The zero-order chi connectivity index (χ0) is 13.0. The van der Waals surface area contributed by atoms with Gasteiger partial charge >= 0.3 is 0 Å². The largest absolute Gasteiger partial charge is 0.330 e. The Labute approximate surface area is 113 Å². The molecule has 3 heteroatoms. The van der Waals surface area contributed by atoms with Gasteiger partial charge in [-0.2, -0.15) is 0 Å².